The van der Waals surface area contributed by atoms with Crippen molar-refractivity contribution < 1.29 is 9.18 Å². The smallest absolute Gasteiger partial charge is 0.212 e. The summed E-state index contributed by atoms with van der Waals surface area (Å²) in [5.41, 5.74) is 3.60. The number of imidazole rings is 1. The Bertz CT molecular complexity index is 1400. The van der Waals surface area contributed by atoms with E-state index in [1.807, 2.05) is 23.9 Å². The van der Waals surface area contributed by atoms with Crippen molar-refractivity contribution in [1.29, 1.82) is 5.26 Å². The van der Waals surface area contributed by atoms with E-state index in [0.717, 1.165) is 49.7 Å². The number of rotatable bonds is 7. The number of fused-ring (bicyclic) bond motifs is 1. The number of halogens is 1. The summed E-state index contributed by atoms with van der Waals surface area (Å²) in [6, 6.07) is 12.2. The summed E-state index contributed by atoms with van der Waals surface area (Å²) in [7, 11) is 1.90. The number of nitriles is 1. The van der Waals surface area contributed by atoms with Crippen LogP contribution in [0.3, 0.4) is 0 Å². The Kier molecular flexibility index (Phi) is 6.12. The summed E-state index contributed by atoms with van der Waals surface area (Å²) >= 11 is 0. The zero-order valence-electron chi connectivity index (χ0n) is 19.2. The number of amides is 1. The van der Waals surface area contributed by atoms with Crippen LogP contribution in [0.1, 0.15) is 6.42 Å². The van der Waals surface area contributed by atoms with Gasteiger partial charge < -0.3 is 10.2 Å². The van der Waals surface area contributed by atoms with Crippen LogP contribution in [0.2, 0.25) is 0 Å². The van der Waals surface area contributed by atoms with E-state index in [0.29, 0.717) is 35.7 Å². The van der Waals surface area contributed by atoms with Crippen LogP contribution in [-0.2, 0) is 11.8 Å². The molecule has 0 spiro atoms. The maximum absolute atomic E-state index is 13.7. The first-order chi connectivity index (χ1) is 17.1. The highest BCUT2D eigenvalue weighted by atomic mass is 19.1. The molecule has 1 fully saturated rings. The zero-order chi connectivity index (χ0) is 24.4. The van der Waals surface area contributed by atoms with Crippen molar-refractivity contribution in [2.75, 3.05) is 42.9 Å². The van der Waals surface area contributed by atoms with Crippen LogP contribution in [0.25, 0.3) is 28.2 Å². The van der Waals surface area contributed by atoms with Crippen LogP contribution < -0.4 is 10.2 Å². The Balaban J connectivity index is 1.59. The quantitative estimate of drug-likeness (QED) is 0.411. The lowest BCUT2D eigenvalue weighted by Gasteiger charge is -2.36. The summed E-state index contributed by atoms with van der Waals surface area (Å²) < 4.78 is 17.1. The van der Waals surface area contributed by atoms with E-state index in [9.17, 15) is 9.18 Å². The highest BCUT2D eigenvalue weighted by Gasteiger charge is 2.27. The molecule has 178 valence electrons. The fourth-order valence-electron chi connectivity index (χ4n) is 4.46. The van der Waals surface area contributed by atoms with E-state index in [4.69, 9.17) is 15.5 Å². The molecule has 1 aliphatic heterocycles. The molecule has 0 saturated carbocycles. The summed E-state index contributed by atoms with van der Waals surface area (Å²) in [6.45, 7) is 4.00. The maximum Gasteiger partial charge on any atom is 0.212 e. The number of carbonyl (C=O) groups excluding carboxylic acids is 1. The molecule has 5 rings (SSSR count). The fraction of sp³-hybridized carbons (Fsp3) is 0.292. The molecule has 4 aromatic rings. The largest absolute Gasteiger partial charge is 0.354 e. The third-order valence-corrected chi connectivity index (χ3v) is 6.13. The Labute approximate surface area is 201 Å². The average molecular weight is 474 g/mol. The lowest BCUT2D eigenvalue weighted by molar-refractivity contribution is -0.105. The van der Waals surface area contributed by atoms with Gasteiger partial charge in [-0.15, -0.1) is 0 Å². The second-order valence-corrected chi connectivity index (χ2v) is 8.32. The van der Waals surface area contributed by atoms with E-state index in [1.54, 1.807) is 22.8 Å². The van der Waals surface area contributed by atoms with E-state index in [2.05, 4.69) is 26.2 Å². The normalized spacial score (nSPS) is 14.3. The van der Waals surface area contributed by atoms with Gasteiger partial charge in [-0.05, 0) is 36.4 Å². The molecule has 35 heavy (non-hydrogen) atoms. The number of hydrogen-bond donors (Lipinski definition) is 1. The molecular weight excluding hydrogens is 449 g/mol. The van der Waals surface area contributed by atoms with Gasteiger partial charge in [-0.1, -0.05) is 0 Å². The van der Waals surface area contributed by atoms with Crippen LogP contribution >= 0.6 is 0 Å². The van der Waals surface area contributed by atoms with Crippen molar-refractivity contribution in [2.45, 2.75) is 6.42 Å². The summed E-state index contributed by atoms with van der Waals surface area (Å²) in [5.74, 6) is 1.01. The minimum Gasteiger partial charge on any atom is -0.354 e. The number of carbonyl (C=O) groups is 1. The third-order valence-electron chi connectivity index (χ3n) is 6.13. The van der Waals surface area contributed by atoms with Gasteiger partial charge in [0.15, 0.2) is 11.5 Å². The highest BCUT2D eigenvalue weighted by Crippen LogP contribution is 2.39. The first-order valence-corrected chi connectivity index (χ1v) is 11.3. The maximum atomic E-state index is 13.7. The summed E-state index contributed by atoms with van der Waals surface area (Å²) in [5, 5.41) is 21.0. The van der Waals surface area contributed by atoms with E-state index >= 15 is 0 Å². The molecule has 1 aromatic carbocycles. The topological polar surface area (TPSA) is 107 Å². The Morgan fingerprint density at radius 2 is 1.89 bits per heavy atom. The van der Waals surface area contributed by atoms with Gasteiger partial charge in [0.25, 0.3) is 0 Å². The molecule has 10 nitrogen and oxygen atoms in total. The van der Waals surface area contributed by atoms with Gasteiger partial charge in [0.2, 0.25) is 6.41 Å². The number of piperazine rings is 1. The van der Waals surface area contributed by atoms with E-state index < -0.39 is 0 Å². The van der Waals surface area contributed by atoms with Gasteiger partial charge in [0, 0.05) is 51.8 Å². The van der Waals surface area contributed by atoms with E-state index in [-0.39, 0.29) is 5.82 Å². The monoisotopic (exact) mass is 473 g/mol. The number of anilines is 2. The van der Waals surface area contributed by atoms with Crippen LogP contribution in [0.4, 0.5) is 16.0 Å². The number of nitrogens with one attached hydrogen (secondary N) is 1. The molecular formula is C24H24FN9O. The molecule has 4 heterocycles. The van der Waals surface area contributed by atoms with Crippen LogP contribution in [0, 0.1) is 17.1 Å². The van der Waals surface area contributed by atoms with Gasteiger partial charge in [0.1, 0.15) is 17.3 Å². The predicted molar refractivity (Wildman–Crippen MR) is 129 cm³/mol. The summed E-state index contributed by atoms with van der Waals surface area (Å²) in [4.78, 5) is 19.7. The lowest BCUT2D eigenvalue weighted by atomic mass is 10.0. The number of hydrogen-bond acceptors (Lipinski definition) is 7. The summed E-state index contributed by atoms with van der Waals surface area (Å²) in [6.07, 6.45) is 2.74. The van der Waals surface area contributed by atoms with Gasteiger partial charge in [-0.25, -0.2) is 13.9 Å². The first kappa shape index (κ1) is 22.5. The number of nitrogens with zero attached hydrogens (tertiary/aromatic N) is 8. The third kappa shape index (κ3) is 4.43. The number of aryl methyl sites for hydroxylation is 1. The first-order valence-electron chi connectivity index (χ1n) is 11.3. The van der Waals surface area contributed by atoms with Crippen LogP contribution in [0.15, 0.2) is 42.6 Å². The predicted octanol–water partition coefficient (Wildman–Crippen LogP) is 2.54. The molecule has 11 heteroatoms. The second kappa shape index (κ2) is 9.52. The van der Waals surface area contributed by atoms with Crippen molar-refractivity contribution in [3.05, 3.63) is 48.4 Å². The Morgan fingerprint density at radius 3 is 2.60 bits per heavy atom. The SMILES string of the molecule is Cn1nc(-c2ccc(F)cc2)c(-c2ccc3nc(NC=O)cn3n2)c1N1CCN(CCC#N)CC1. The highest BCUT2D eigenvalue weighted by molar-refractivity contribution is 5.88. The van der Waals surface area contributed by atoms with Crippen molar-refractivity contribution in [3.63, 3.8) is 0 Å². The molecule has 0 aliphatic carbocycles. The molecule has 0 atom stereocenters. The number of benzene rings is 1. The lowest BCUT2D eigenvalue weighted by Crippen LogP contribution is -2.47. The minimum absolute atomic E-state index is 0.312. The van der Waals surface area contributed by atoms with E-state index in [1.165, 1.54) is 12.1 Å². The second-order valence-electron chi connectivity index (χ2n) is 8.32. The molecule has 1 saturated heterocycles. The molecule has 1 amide bonds. The Morgan fingerprint density at radius 1 is 1.11 bits per heavy atom. The minimum atomic E-state index is -0.312. The van der Waals surface area contributed by atoms with Crippen molar-refractivity contribution in [2.24, 2.45) is 7.05 Å². The molecule has 0 bridgehead atoms. The van der Waals surface area contributed by atoms with Crippen LogP contribution in [0.5, 0.6) is 0 Å². The van der Waals surface area contributed by atoms with Gasteiger partial charge in [0.05, 0.1) is 23.5 Å². The van der Waals surface area contributed by atoms with Crippen LogP contribution in [-0.4, -0.2) is 68.4 Å². The standard InChI is InChI=1S/C24H24FN9O/c1-31-24(33-13-11-32(12-14-33)10-2-9-26)22(23(30-31)17-3-5-18(25)6-4-17)19-7-8-21-28-20(27-16-35)15-34(21)29-19/h3-8,15-16H,2,10-14H2,1H3,(H,27,35). The van der Waals surface area contributed by atoms with Gasteiger partial charge in [-0.3, -0.25) is 14.4 Å². The van der Waals surface area contributed by atoms with Crippen molar-refractivity contribution >= 4 is 23.7 Å². The molecule has 0 unspecified atom stereocenters. The zero-order valence-corrected chi connectivity index (χ0v) is 19.2. The Hall–Kier alpha value is -4.30. The average Bonchev–Trinajstić information content (AvgIpc) is 3.43. The molecule has 0 radical (unpaired) electrons. The van der Waals surface area contributed by atoms with Crippen molar-refractivity contribution in [1.82, 2.24) is 29.3 Å². The van der Waals surface area contributed by atoms with Gasteiger partial charge >= 0.3 is 0 Å². The fourth-order valence-corrected chi connectivity index (χ4v) is 4.46. The molecule has 1 N–H and O–H groups in total. The molecule has 3 aromatic heterocycles. The number of aromatic nitrogens is 5. The van der Waals surface area contributed by atoms with Gasteiger partial charge in [-0.2, -0.15) is 15.5 Å². The van der Waals surface area contributed by atoms with Crippen molar-refractivity contribution in [3.8, 4) is 28.6 Å². The molecule has 1 aliphatic rings.